The Morgan fingerprint density at radius 3 is 2.39 bits per heavy atom. The van der Waals surface area contributed by atoms with Crippen LogP contribution in [0.25, 0.3) is 16.8 Å². The summed E-state index contributed by atoms with van der Waals surface area (Å²) in [5.74, 6) is 0.588. The molecule has 0 N–H and O–H groups in total. The number of hydrogen-bond donors (Lipinski definition) is 0. The van der Waals surface area contributed by atoms with E-state index in [1.807, 2.05) is 79.7 Å². The molecular formula is C28H21FN2O2. The van der Waals surface area contributed by atoms with E-state index in [2.05, 4.69) is 4.99 Å². The van der Waals surface area contributed by atoms with Gasteiger partial charge in [-0.2, -0.15) is 0 Å². The zero-order valence-corrected chi connectivity index (χ0v) is 18.0. The summed E-state index contributed by atoms with van der Waals surface area (Å²) < 4.78 is 19.1. The molecule has 1 aliphatic heterocycles. The van der Waals surface area contributed by atoms with Gasteiger partial charge in [-0.05, 0) is 77.9 Å². The van der Waals surface area contributed by atoms with Gasteiger partial charge in [0.2, 0.25) is 0 Å². The lowest BCUT2D eigenvalue weighted by Gasteiger charge is -2.19. The van der Waals surface area contributed by atoms with Gasteiger partial charge in [0.15, 0.2) is 0 Å². The number of aliphatic imine (C=N–C) groups is 1. The van der Waals surface area contributed by atoms with Gasteiger partial charge in [-0.1, -0.05) is 42.5 Å². The summed E-state index contributed by atoms with van der Waals surface area (Å²) in [4.78, 5) is 19.8. The fraction of sp³-hybridized carbons (Fsp3) is 0.0714. The van der Waals surface area contributed by atoms with Crippen LogP contribution in [0.2, 0.25) is 0 Å². The zero-order valence-electron chi connectivity index (χ0n) is 18.0. The summed E-state index contributed by atoms with van der Waals surface area (Å²) in [7, 11) is 0. The van der Waals surface area contributed by atoms with E-state index in [1.54, 1.807) is 17.0 Å². The van der Waals surface area contributed by atoms with Crippen molar-refractivity contribution in [2.75, 3.05) is 11.5 Å². The van der Waals surface area contributed by atoms with Crippen molar-refractivity contribution in [3.63, 3.8) is 0 Å². The fourth-order valence-corrected chi connectivity index (χ4v) is 3.93. The third-order valence-electron chi connectivity index (χ3n) is 5.48. The lowest BCUT2D eigenvalue weighted by molar-refractivity contribution is -0.113. The molecule has 0 radical (unpaired) electrons. The maximum atomic E-state index is 13.6. The van der Waals surface area contributed by atoms with E-state index in [0.29, 0.717) is 29.4 Å². The summed E-state index contributed by atoms with van der Waals surface area (Å²) in [5.41, 5.74) is 2.54. The standard InChI is InChI=1S/C28H21FN2O2/c1-2-33-24-16-14-23(15-17-24)31-27(20-10-12-22(29)13-11-20)30-26(28(31)32)18-21-8-5-7-19-6-3-4-9-25(19)21/h3-18H,2H2,1H3/b26-18+. The van der Waals surface area contributed by atoms with Gasteiger partial charge >= 0.3 is 0 Å². The molecule has 1 aliphatic rings. The molecule has 0 aromatic heterocycles. The number of carbonyl (C=O) groups is 1. The number of nitrogens with zero attached hydrogens (tertiary/aromatic N) is 2. The van der Waals surface area contributed by atoms with E-state index < -0.39 is 0 Å². The van der Waals surface area contributed by atoms with Gasteiger partial charge in [0.05, 0.1) is 12.3 Å². The molecule has 0 saturated heterocycles. The van der Waals surface area contributed by atoms with Crippen LogP contribution in [0.15, 0.2) is 102 Å². The molecule has 0 saturated carbocycles. The molecule has 1 heterocycles. The molecule has 0 atom stereocenters. The molecule has 0 spiro atoms. The second kappa shape index (κ2) is 8.71. The SMILES string of the molecule is CCOc1ccc(N2C(=O)/C(=C\c3cccc4ccccc34)N=C2c2ccc(F)cc2)cc1. The van der Waals surface area contributed by atoms with Crippen molar-refractivity contribution < 1.29 is 13.9 Å². The number of halogens is 1. The molecule has 4 aromatic rings. The van der Waals surface area contributed by atoms with Crippen LogP contribution in [0.4, 0.5) is 10.1 Å². The van der Waals surface area contributed by atoms with Gasteiger partial charge in [0.1, 0.15) is 23.1 Å². The van der Waals surface area contributed by atoms with Gasteiger partial charge in [0, 0.05) is 5.56 Å². The van der Waals surface area contributed by atoms with Gasteiger partial charge < -0.3 is 4.74 Å². The topological polar surface area (TPSA) is 41.9 Å². The largest absolute Gasteiger partial charge is 0.494 e. The lowest BCUT2D eigenvalue weighted by Crippen LogP contribution is -2.32. The normalized spacial score (nSPS) is 14.7. The minimum Gasteiger partial charge on any atom is -0.494 e. The number of rotatable bonds is 5. The molecule has 5 rings (SSSR count). The number of ether oxygens (including phenoxy) is 1. The minimum absolute atomic E-state index is 0.244. The molecule has 5 heteroatoms. The molecule has 0 bridgehead atoms. The Hall–Kier alpha value is -4.25. The molecule has 0 aliphatic carbocycles. The van der Waals surface area contributed by atoms with Crippen LogP contribution in [0, 0.1) is 5.82 Å². The van der Waals surface area contributed by atoms with Crippen LogP contribution >= 0.6 is 0 Å². The quantitative estimate of drug-likeness (QED) is 0.349. The average molecular weight is 436 g/mol. The van der Waals surface area contributed by atoms with Gasteiger partial charge in [-0.3, -0.25) is 9.69 Å². The number of amidine groups is 1. The molecule has 162 valence electrons. The minimum atomic E-state index is -0.345. The molecule has 33 heavy (non-hydrogen) atoms. The van der Waals surface area contributed by atoms with E-state index in [4.69, 9.17) is 4.74 Å². The first kappa shape index (κ1) is 20.6. The maximum Gasteiger partial charge on any atom is 0.282 e. The summed E-state index contributed by atoms with van der Waals surface area (Å²) in [5, 5.41) is 2.13. The summed E-state index contributed by atoms with van der Waals surface area (Å²) >= 11 is 0. The van der Waals surface area contributed by atoms with Gasteiger partial charge in [-0.25, -0.2) is 9.38 Å². The fourth-order valence-electron chi connectivity index (χ4n) is 3.93. The third kappa shape index (κ3) is 4.01. The molecule has 4 aromatic carbocycles. The summed E-state index contributed by atoms with van der Waals surface area (Å²) in [6.45, 7) is 2.48. The number of carbonyl (C=O) groups excluding carboxylic acids is 1. The maximum absolute atomic E-state index is 13.6. The van der Waals surface area contributed by atoms with Crippen LogP contribution < -0.4 is 9.64 Å². The van der Waals surface area contributed by atoms with Gasteiger partial charge in [0.25, 0.3) is 5.91 Å². The van der Waals surface area contributed by atoms with Crippen molar-refractivity contribution in [1.29, 1.82) is 0 Å². The molecular weight excluding hydrogens is 415 g/mol. The number of hydrogen-bond acceptors (Lipinski definition) is 3. The van der Waals surface area contributed by atoms with Crippen LogP contribution in [0.3, 0.4) is 0 Å². The van der Waals surface area contributed by atoms with Crippen LogP contribution in [0.1, 0.15) is 18.1 Å². The van der Waals surface area contributed by atoms with E-state index in [-0.39, 0.29) is 11.7 Å². The summed E-state index contributed by atoms with van der Waals surface area (Å²) in [6.07, 6.45) is 1.81. The van der Waals surface area contributed by atoms with E-state index >= 15 is 0 Å². The van der Waals surface area contributed by atoms with Crippen molar-refractivity contribution in [3.8, 4) is 5.75 Å². The van der Waals surface area contributed by atoms with Crippen molar-refractivity contribution in [3.05, 3.63) is 114 Å². The number of benzene rings is 4. The van der Waals surface area contributed by atoms with Crippen molar-refractivity contribution >= 4 is 34.3 Å². The van der Waals surface area contributed by atoms with Crippen LogP contribution in [0.5, 0.6) is 5.75 Å². The van der Waals surface area contributed by atoms with Crippen molar-refractivity contribution in [2.45, 2.75) is 6.92 Å². The highest BCUT2D eigenvalue weighted by Crippen LogP contribution is 2.30. The first-order chi connectivity index (χ1) is 16.1. The first-order valence-electron chi connectivity index (χ1n) is 10.8. The number of fused-ring (bicyclic) bond motifs is 1. The highest BCUT2D eigenvalue weighted by Gasteiger charge is 2.32. The predicted octanol–water partition coefficient (Wildman–Crippen LogP) is 6.21. The van der Waals surface area contributed by atoms with E-state index in [9.17, 15) is 9.18 Å². The Kier molecular flexibility index (Phi) is 5.45. The van der Waals surface area contributed by atoms with E-state index in [0.717, 1.165) is 22.1 Å². The molecule has 0 fully saturated rings. The second-order valence-electron chi connectivity index (χ2n) is 7.61. The highest BCUT2D eigenvalue weighted by atomic mass is 19.1. The molecule has 4 nitrogen and oxygen atoms in total. The Bertz CT molecular complexity index is 1380. The predicted molar refractivity (Wildman–Crippen MR) is 130 cm³/mol. The lowest BCUT2D eigenvalue weighted by atomic mass is 10.0. The first-order valence-corrected chi connectivity index (χ1v) is 10.8. The second-order valence-corrected chi connectivity index (χ2v) is 7.61. The van der Waals surface area contributed by atoms with Crippen molar-refractivity contribution in [1.82, 2.24) is 0 Å². The molecule has 0 unspecified atom stereocenters. The van der Waals surface area contributed by atoms with Crippen LogP contribution in [-0.4, -0.2) is 18.3 Å². The van der Waals surface area contributed by atoms with Gasteiger partial charge in [-0.15, -0.1) is 0 Å². The smallest absolute Gasteiger partial charge is 0.282 e. The van der Waals surface area contributed by atoms with E-state index in [1.165, 1.54) is 12.1 Å². The number of anilines is 1. The summed E-state index contributed by atoms with van der Waals surface area (Å²) in [6, 6.07) is 27.3. The highest BCUT2D eigenvalue weighted by molar-refractivity contribution is 6.33. The average Bonchev–Trinajstić information content (AvgIpc) is 3.16. The molecule has 1 amide bonds. The van der Waals surface area contributed by atoms with Crippen molar-refractivity contribution in [2.24, 2.45) is 4.99 Å². The number of amides is 1. The van der Waals surface area contributed by atoms with Crippen LogP contribution in [-0.2, 0) is 4.79 Å². The Labute approximate surface area is 191 Å². The Morgan fingerprint density at radius 2 is 1.64 bits per heavy atom. The Balaban J connectivity index is 1.61. The third-order valence-corrected chi connectivity index (χ3v) is 5.48. The Morgan fingerprint density at radius 1 is 0.909 bits per heavy atom. The monoisotopic (exact) mass is 436 g/mol. The zero-order chi connectivity index (χ0) is 22.8.